The summed E-state index contributed by atoms with van der Waals surface area (Å²) in [5, 5.41) is 3.12. The largest absolute Gasteiger partial charge is 0.355 e. The van der Waals surface area contributed by atoms with Crippen molar-refractivity contribution < 1.29 is 4.79 Å². The van der Waals surface area contributed by atoms with Crippen LogP contribution in [-0.2, 0) is 10.2 Å². The highest BCUT2D eigenvalue weighted by Gasteiger charge is 2.44. The number of carbonyl (C=O) groups excluding carboxylic acids is 1. The summed E-state index contributed by atoms with van der Waals surface area (Å²) < 4.78 is 1.08. The Morgan fingerprint density at radius 2 is 1.92 bits per heavy atom. The van der Waals surface area contributed by atoms with Gasteiger partial charge in [0.25, 0.3) is 0 Å². The molecule has 0 spiro atoms. The third-order valence-corrected chi connectivity index (χ3v) is 5.52. The molecule has 0 aromatic heterocycles. The molecule has 0 heterocycles. The summed E-state index contributed by atoms with van der Waals surface area (Å²) in [5.41, 5.74) is 8.63. The van der Waals surface area contributed by atoms with Crippen LogP contribution in [0.4, 0.5) is 0 Å². The van der Waals surface area contributed by atoms with Crippen LogP contribution in [0.2, 0.25) is 0 Å². The van der Waals surface area contributed by atoms with Crippen molar-refractivity contribution in [3.63, 3.8) is 0 Å². The summed E-state index contributed by atoms with van der Waals surface area (Å²) in [6, 6.07) is 17.9. The quantitative estimate of drug-likeness (QED) is 0.789. The van der Waals surface area contributed by atoms with Crippen LogP contribution in [0.5, 0.6) is 0 Å². The molecule has 3 rings (SSSR count). The first-order chi connectivity index (χ1) is 11.5. The normalized spacial score (nSPS) is 17.8. The first kappa shape index (κ1) is 17.2. The Balaban J connectivity index is 1.61. The topological polar surface area (TPSA) is 55.1 Å². The van der Waals surface area contributed by atoms with Crippen molar-refractivity contribution in [3.8, 4) is 0 Å². The highest BCUT2D eigenvalue weighted by Crippen LogP contribution is 2.48. The van der Waals surface area contributed by atoms with E-state index < -0.39 is 0 Å². The highest BCUT2D eigenvalue weighted by atomic mass is 79.9. The van der Waals surface area contributed by atoms with Crippen LogP contribution in [0, 0.1) is 5.92 Å². The van der Waals surface area contributed by atoms with Gasteiger partial charge >= 0.3 is 0 Å². The monoisotopic (exact) mass is 386 g/mol. The first-order valence-electron chi connectivity index (χ1n) is 8.36. The van der Waals surface area contributed by atoms with E-state index in [1.54, 1.807) is 0 Å². The molecule has 1 fully saturated rings. The zero-order chi connectivity index (χ0) is 17.2. The molecule has 1 aliphatic carbocycles. The SMILES string of the molecule is CC(C(=O)NCC1(c2cccc(Br)c2)CC1)C(N)c1ccccc1. The Morgan fingerprint density at radius 3 is 2.54 bits per heavy atom. The maximum atomic E-state index is 12.5. The molecule has 0 aliphatic heterocycles. The molecule has 2 aromatic rings. The Bertz CT molecular complexity index is 713. The number of nitrogens with two attached hydrogens (primary N) is 1. The standard InChI is InChI=1S/C20H23BrN2O/c1-14(18(22)15-6-3-2-4-7-15)19(24)23-13-20(10-11-20)16-8-5-9-17(21)12-16/h2-9,12,14,18H,10-11,13,22H2,1H3,(H,23,24). The molecule has 2 unspecified atom stereocenters. The zero-order valence-electron chi connectivity index (χ0n) is 13.8. The molecule has 2 aromatic carbocycles. The molecule has 0 radical (unpaired) electrons. The Kier molecular flexibility index (Phi) is 5.07. The lowest BCUT2D eigenvalue weighted by Crippen LogP contribution is -2.39. The average Bonchev–Trinajstić information content (AvgIpc) is 3.40. The Labute approximate surface area is 151 Å². The first-order valence-corrected chi connectivity index (χ1v) is 9.15. The summed E-state index contributed by atoms with van der Waals surface area (Å²) >= 11 is 3.53. The van der Waals surface area contributed by atoms with Crippen molar-refractivity contribution >= 4 is 21.8 Å². The Morgan fingerprint density at radius 1 is 1.21 bits per heavy atom. The summed E-state index contributed by atoms with van der Waals surface area (Å²) in [7, 11) is 0. The fourth-order valence-electron chi connectivity index (χ4n) is 3.08. The predicted octanol–water partition coefficient (Wildman–Crippen LogP) is 3.93. The number of benzene rings is 2. The lowest BCUT2D eigenvalue weighted by atomic mass is 9.93. The molecule has 1 amide bonds. The number of nitrogens with one attached hydrogen (secondary N) is 1. The van der Waals surface area contributed by atoms with Gasteiger partial charge < -0.3 is 11.1 Å². The van der Waals surface area contributed by atoms with Crippen LogP contribution in [0.3, 0.4) is 0 Å². The summed E-state index contributed by atoms with van der Waals surface area (Å²) in [6.07, 6.45) is 2.23. The summed E-state index contributed by atoms with van der Waals surface area (Å²) in [5.74, 6) is -0.238. The van der Waals surface area contributed by atoms with Crippen LogP contribution in [-0.4, -0.2) is 12.5 Å². The van der Waals surface area contributed by atoms with E-state index in [1.807, 2.05) is 43.3 Å². The maximum absolute atomic E-state index is 12.5. The number of carbonyl (C=O) groups is 1. The third kappa shape index (κ3) is 3.70. The van der Waals surface area contributed by atoms with Crippen LogP contribution in [0.1, 0.15) is 36.9 Å². The highest BCUT2D eigenvalue weighted by molar-refractivity contribution is 9.10. The molecule has 24 heavy (non-hydrogen) atoms. The molecule has 1 saturated carbocycles. The van der Waals surface area contributed by atoms with E-state index in [0.717, 1.165) is 22.9 Å². The second-order valence-corrected chi connectivity index (χ2v) is 7.65. The third-order valence-electron chi connectivity index (χ3n) is 5.03. The van der Waals surface area contributed by atoms with E-state index in [4.69, 9.17) is 5.73 Å². The van der Waals surface area contributed by atoms with Crippen LogP contribution >= 0.6 is 15.9 Å². The molecule has 0 bridgehead atoms. The average molecular weight is 387 g/mol. The second-order valence-electron chi connectivity index (χ2n) is 6.73. The van der Waals surface area contributed by atoms with Gasteiger partial charge in [0.15, 0.2) is 0 Å². The van der Waals surface area contributed by atoms with Crippen molar-refractivity contribution in [2.24, 2.45) is 11.7 Å². The lowest BCUT2D eigenvalue weighted by molar-refractivity contribution is -0.125. The molecule has 3 nitrogen and oxygen atoms in total. The fourth-order valence-corrected chi connectivity index (χ4v) is 3.48. The van der Waals surface area contributed by atoms with Crippen LogP contribution < -0.4 is 11.1 Å². The van der Waals surface area contributed by atoms with Crippen LogP contribution in [0.25, 0.3) is 0 Å². The predicted molar refractivity (Wildman–Crippen MR) is 101 cm³/mol. The van der Waals surface area contributed by atoms with E-state index in [-0.39, 0.29) is 23.3 Å². The molecule has 126 valence electrons. The molecular formula is C20H23BrN2O. The number of hydrogen-bond acceptors (Lipinski definition) is 2. The van der Waals surface area contributed by atoms with Crippen molar-refractivity contribution in [1.82, 2.24) is 5.32 Å². The van der Waals surface area contributed by atoms with Crippen molar-refractivity contribution in [2.75, 3.05) is 6.54 Å². The lowest BCUT2D eigenvalue weighted by Gasteiger charge is -2.22. The van der Waals surface area contributed by atoms with E-state index in [9.17, 15) is 4.79 Å². The molecule has 0 saturated heterocycles. The number of amides is 1. The molecule has 3 N–H and O–H groups in total. The van der Waals surface area contributed by atoms with Gasteiger partial charge in [-0.05, 0) is 36.1 Å². The molecule has 1 aliphatic rings. The van der Waals surface area contributed by atoms with E-state index in [1.165, 1.54) is 5.56 Å². The van der Waals surface area contributed by atoms with E-state index in [0.29, 0.717) is 6.54 Å². The minimum absolute atomic E-state index is 0.0209. The van der Waals surface area contributed by atoms with Gasteiger partial charge in [0.1, 0.15) is 0 Å². The van der Waals surface area contributed by atoms with Gasteiger partial charge in [-0.15, -0.1) is 0 Å². The number of hydrogen-bond donors (Lipinski definition) is 2. The molecule has 2 atom stereocenters. The van der Waals surface area contributed by atoms with Gasteiger partial charge in [0.2, 0.25) is 5.91 Å². The van der Waals surface area contributed by atoms with Crippen molar-refractivity contribution in [3.05, 3.63) is 70.2 Å². The van der Waals surface area contributed by atoms with Gasteiger partial charge in [0, 0.05) is 22.5 Å². The van der Waals surface area contributed by atoms with Crippen molar-refractivity contribution in [1.29, 1.82) is 0 Å². The van der Waals surface area contributed by atoms with Gasteiger partial charge in [0.05, 0.1) is 5.92 Å². The number of halogens is 1. The molecular weight excluding hydrogens is 364 g/mol. The maximum Gasteiger partial charge on any atom is 0.224 e. The zero-order valence-corrected chi connectivity index (χ0v) is 15.4. The van der Waals surface area contributed by atoms with Crippen molar-refractivity contribution in [2.45, 2.75) is 31.2 Å². The van der Waals surface area contributed by atoms with Crippen LogP contribution in [0.15, 0.2) is 59.1 Å². The number of rotatable bonds is 6. The minimum atomic E-state index is -0.285. The summed E-state index contributed by atoms with van der Waals surface area (Å²) in [6.45, 7) is 2.57. The molecule has 4 heteroatoms. The minimum Gasteiger partial charge on any atom is -0.355 e. The Hall–Kier alpha value is -1.65. The summed E-state index contributed by atoms with van der Waals surface area (Å²) in [4.78, 5) is 12.5. The van der Waals surface area contributed by atoms with E-state index >= 15 is 0 Å². The second kappa shape index (κ2) is 7.08. The van der Waals surface area contributed by atoms with E-state index in [2.05, 4.69) is 39.4 Å². The van der Waals surface area contributed by atoms with Gasteiger partial charge in [-0.3, -0.25) is 4.79 Å². The van der Waals surface area contributed by atoms with Gasteiger partial charge in [-0.25, -0.2) is 0 Å². The van der Waals surface area contributed by atoms with Gasteiger partial charge in [-0.1, -0.05) is 65.3 Å². The smallest absolute Gasteiger partial charge is 0.224 e. The fraction of sp³-hybridized carbons (Fsp3) is 0.350. The van der Waals surface area contributed by atoms with Gasteiger partial charge in [-0.2, -0.15) is 0 Å².